The van der Waals surface area contributed by atoms with Crippen molar-refractivity contribution in [3.63, 3.8) is 0 Å². The molecule has 1 aromatic heterocycles. The summed E-state index contributed by atoms with van der Waals surface area (Å²) < 4.78 is 0. The number of likely N-dealkylation sites (tertiary alicyclic amines) is 1. The van der Waals surface area contributed by atoms with Gasteiger partial charge in [0, 0.05) is 18.7 Å². The molecule has 8 nitrogen and oxygen atoms in total. The van der Waals surface area contributed by atoms with E-state index in [9.17, 15) is 14.4 Å². The van der Waals surface area contributed by atoms with Gasteiger partial charge in [-0.25, -0.2) is 4.98 Å². The topological polar surface area (TPSA) is 117 Å². The fourth-order valence-electron chi connectivity index (χ4n) is 4.33. The van der Waals surface area contributed by atoms with Crippen LogP contribution >= 0.6 is 0 Å². The van der Waals surface area contributed by atoms with Crippen LogP contribution in [0.5, 0.6) is 0 Å². The van der Waals surface area contributed by atoms with Crippen molar-refractivity contribution in [2.24, 2.45) is 5.92 Å². The summed E-state index contributed by atoms with van der Waals surface area (Å²) in [4.78, 5) is 43.8. The van der Waals surface area contributed by atoms with Gasteiger partial charge < -0.3 is 21.3 Å². The first-order chi connectivity index (χ1) is 14.8. The van der Waals surface area contributed by atoms with Crippen LogP contribution in [0.2, 0.25) is 0 Å². The summed E-state index contributed by atoms with van der Waals surface area (Å²) in [5.74, 6) is -0.719. The fourth-order valence-corrected chi connectivity index (χ4v) is 4.33. The summed E-state index contributed by atoms with van der Waals surface area (Å²) in [6.07, 6.45) is 3.92. The summed E-state index contributed by atoms with van der Waals surface area (Å²) in [7, 11) is 0. The molecule has 0 unspecified atom stereocenters. The number of benzene rings is 1. The van der Waals surface area contributed by atoms with Gasteiger partial charge in [-0.1, -0.05) is 19.1 Å². The Morgan fingerprint density at radius 1 is 1.26 bits per heavy atom. The Labute approximate surface area is 181 Å². The molecule has 1 fully saturated rings. The number of fused-ring (bicyclic) bond motifs is 1. The molecule has 3 heterocycles. The number of nitrogens with one attached hydrogen (secondary N) is 2. The average Bonchev–Trinajstić information content (AvgIpc) is 2.76. The maximum absolute atomic E-state index is 13.1. The maximum Gasteiger partial charge on any atom is 0.313 e. The smallest absolute Gasteiger partial charge is 0.313 e. The van der Waals surface area contributed by atoms with Crippen LogP contribution in [0.15, 0.2) is 30.5 Å². The summed E-state index contributed by atoms with van der Waals surface area (Å²) in [5.41, 5.74) is 9.43. The summed E-state index contributed by atoms with van der Waals surface area (Å²) in [5, 5.41) is 5.50. The number of hydrogen-bond acceptors (Lipinski definition) is 5. The van der Waals surface area contributed by atoms with Crippen molar-refractivity contribution in [2.45, 2.75) is 39.2 Å². The quantitative estimate of drug-likeness (QED) is 0.643. The third-order valence-electron chi connectivity index (χ3n) is 6.09. The second-order valence-electron chi connectivity index (χ2n) is 8.46. The lowest BCUT2D eigenvalue weighted by molar-refractivity contribution is -0.146. The number of hydrogen-bond donors (Lipinski definition) is 3. The molecular formula is C23H27N5O3. The molecule has 4 N–H and O–H groups in total. The van der Waals surface area contributed by atoms with Gasteiger partial charge in [0.25, 0.3) is 5.91 Å². The Balaban J connectivity index is 1.57. The van der Waals surface area contributed by atoms with Gasteiger partial charge >= 0.3 is 11.8 Å². The minimum absolute atomic E-state index is 0.0888. The van der Waals surface area contributed by atoms with Crippen molar-refractivity contribution in [1.82, 2.24) is 15.2 Å². The van der Waals surface area contributed by atoms with E-state index in [4.69, 9.17) is 5.73 Å². The number of piperidine rings is 1. The van der Waals surface area contributed by atoms with Gasteiger partial charge in [-0.3, -0.25) is 14.4 Å². The number of carbonyl (C=O) groups is 3. The lowest BCUT2D eigenvalue weighted by Gasteiger charge is -2.39. The fraction of sp³-hybridized carbons (Fsp3) is 0.391. The zero-order valence-electron chi connectivity index (χ0n) is 17.8. The number of aromatic nitrogens is 1. The highest BCUT2D eigenvalue weighted by atomic mass is 16.2. The summed E-state index contributed by atoms with van der Waals surface area (Å²) >= 11 is 0. The van der Waals surface area contributed by atoms with Gasteiger partial charge in [0.15, 0.2) is 0 Å². The molecule has 0 aliphatic carbocycles. The number of aryl methyl sites for hydroxylation is 1. The standard InChI is InChI=1S/C23H27N5O3/c1-13-3-6-19(16-5-4-15-7-8-25-21(29)18(15)10-16)28(12-13)23(31)22(30)27-17-9-14(2)20(24)26-11-17/h4-5,9-11,13,19H,3,6-8,12H2,1-2H3,(H2,24,26)(H,25,29)(H,27,30)/t13-,19+/m1/s1. The number of amides is 3. The number of rotatable bonds is 2. The first kappa shape index (κ1) is 20.8. The van der Waals surface area contributed by atoms with Gasteiger partial charge in [0.05, 0.1) is 17.9 Å². The van der Waals surface area contributed by atoms with Crippen LogP contribution in [0.25, 0.3) is 0 Å². The Hall–Kier alpha value is -3.42. The van der Waals surface area contributed by atoms with E-state index in [0.717, 1.165) is 36.0 Å². The van der Waals surface area contributed by atoms with Crippen LogP contribution in [0.4, 0.5) is 11.5 Å². The zero-order chi connectivity index (χ0) is 22.1. The average molecular weight is 422 g/mol. The predicted octanol–water partition coefficient (Wildman–Crippen LogP) is 2.20. The molecule has 2 aliphatic heterocycles. The Kier molecular flexibility index (Phi) is 5.63. The van der Waals surface area contributed by atoms with Gasteiger partial charge in [0.1, 0.15) is 5.82 Å². The zero-order valence-corrected chi connectivity index (χ0v) is 17.8. The molecule has 0 saturated carbocycles. The highest BCUT2D eigenvalue weighted by Crippen LogP contribution is 2.34. The van der Waals surface area contributed by atoms with Crippen LogP contribution < -0.4 is 16.4 Å². The summed E-state index contributed by atoms with van der Waals surface area (Å²) in [6.45, 7) is 4.98. The molecule has 0 bridgehead atoms. The van der Waals surface area contributed by atoms with Gasteiger partial charge in [-0.2, -0.15) is 0 Å². The van der Waals surface area contributed by atoms with E-state index in [0.29, 0.717) is 30.2 Å². The number of anilines is 2. The molecule has 2 aliphatic rings. The first-order valence-corrected chi connectivity index (χ1v) is 10.6. The molecule has 2 aromatic rings. The van der Waals surface area contributed by atoms with E-state index in [1.54, 1.807) is 17.9 Å². The summed E-state index contributed by atoms with van der Waals surface area (Å²) in [6, 6.07) is 7.25. The van der Waals surface area contributed by atoms with Gasteiger partial charge in [-0.15, -0.1) is 0 Å². The van der Waals surface area contributed by atoms with Crippen LogP contribution in [0.3, 0.4) is 0 Å². The molecule has 0 radical (unpaired) electrons. The SMILES string of the molecule is Cc1cc(NC(=O)C(=O)N2C[C@H](C)CC[C@H]2c2ccc3c(c2)C(=O)NCC3)cnc1N. The second-order valence-corrected chi connectivity index (χ2v) is 8.46. The number of nitrogens with two attached hydrogens (primary N) is 1. The molecule has 8 heteroatoms. The predicted molar refractivity (Wildman–Crippen MR) is 117 cm³/mol. The lowest BCUT2D eigenvalue weighted by Crippen LogP contribution is -2.46. The third-order valence-corrected chi connectivity index (χ3v) is 6.09. The molecule has 1 aromatic carbocycles. The first-order valence-electron chi connectivity index (χ1n) is 10.6. The van der Waals surface area contributed by atoms with Crippen molar-refractivity contribution < 1.29 is 14.4 Å². The number of carbonyl (C=O) groups excluding carboxylic acids is 3. The highest BCUT2D eigenvalue weighted by molar-refractivity contribution is 6.39. The van der Waals surface area contributed by atoms with Crippen molar-refractivity contribution in [3.8, 4) is 0 Å². The molecule has 1 saturated heterocycles. The number of pyridine rings is 1. The minimum atomic E-state index is -0.708. The van der Waals surface area contributed by atoms with Crippen molar-refractivity contribution in [2.75, 3.05) is 24.1 Å². The van der Waals surface area contributed by atoms with E-state index in [1.165, 1.54) is 6.20 Å². The third kappa shape index (κ3) is 4.23. The van der Waals surface area contributed by atoms with Crippen LogP contribution in [-0.2, 0) is 16.0 Å². The Bertz CT molecular complexity index is 1050. The lowest BCUT2D eigenvalue weighted by atomic mass is 9.87. The van der Waals surface area contributed by atoms with E-state index in [1.807, 2.05) is 18.2 Å². The molecule has 162 valence electrons. The van der Waals surface area contributed by atoms with E-state index in [-0.39, 0.29) is 17.9 Å². The molecule has 31 heavy (non-hydrogen) atoms. The molecule has 2 atom stereocenters. The minimum Gasteiger partial charge on any atom is -0.383 e. The van der Waals surface area contributed by atoms with E-state index < -0.39 is 11.8 Å². The van der Waals surface area contributed by atoms with Crippen molar-refractivity contribution in [1.29, 1.82) is 0 Å². The van der Waals surface area contributed by atoms with E-state index >= 15 is 0 Å². The Morgan fingerprint density at radius 2 is 2.06 bits per heavy atom. The van der Waals surface area contributed by atoms with Gasteiger partial charge in [-0.05, 0) is 60.9 Å². The van der Waals surface area contributed by atoms with Crippen LogP contribution in [0, 0.1) is 12.8 Å². The number of nitrogens with zero attached hydrogens (tertiary/aromatic N) is 2. The monoisotopic (exact) mass is 421 g/mol. The van der Waals surface area contributed by atoms with Crippen molar-refractivity contribution in [3.05, 3.63) is 52.7 Å². The van der Waals surface area contributed by atoms with Crippen LogP contribution in [0.1, 0.15) is 52.9 Å². The van der Waals surface area contributed by atoms with E-state index in [2.05, 4.69) is 22.5 Å². The molecular weight excluding hydrogens is 394 g/mol. The Morgan fingerprint density at radius 3 is 2.84 bits per heavy atom. The maximum atomic E-state index is 13.1. The molecule has 0 spiro atoms. The largest absolute Gasteiger partial charge is 0.383 e. The second kappa shape index (κ2) is 8.37. The van der Waals surface area contributed by atoms with Gasteiger partial charge in [0.2, 0.25) is 0 Å². The normalized spacial score (nSPS) is 20.6. The molecule has 3 amide bonds. The number of nitrogen functional groups attached to an aromatic ring is 1. The molecule has 4 rings (SSSR count). The van der Waals surface area contributed by atoms with Crippen LogP contribution in [-0.4, -0.2) is 40.7 Å². The van der Waals surface area contributed by atoms with Crippen molar-refractivity contribution >= 4 is 29.2 Å². The highest BCUT2D eigenvalue weighted by Gasteiger charge is 2.35.